The quantitative estimate of drug-likeness (QED) is 0.867. The standard InChI is InChI=1S/C16H20N4O2/c1-11(2)20(14-5-3-4-12(8-14)9-17)10-15(21)19-16(22)18-13-6-7-13/h3-5,8,11,13H,6-7,10H2,1-2H3,(H2,18,19,21,22). The lowest BCUT2D eigenvalue weighted by molar-refractivity contribution is -0.118. The van der Waals surface area contributed by atoms with Crippen LogP contribution in [0.5, 0.6) is 0 Å². The van der Waals surface area contributed by atoms with Crippen LogP contribution in [-0.4, -0.2) is 30.6 Å². The first-order valence-corrected chi connectivity index (χ1v) is 7.36. The lowest BCUT2D eigenvalue weighted by atomic mass is 10.1. The van der Waals surface area contributed by atoms with Crippen molar-refractivity contribution in [2.75, 3.05) is 11.4 Å². The molecule has 1 fully saturated rings. The summed E-state index contributed by atoms with van der Waals surface area (Å²) in [6, 6.07) is 8.98. The molecular weight excluding hydrogens is 280 g/mol. The summed E-state index contributed by atoms with van der Waals surface area (Å²) in [6.45, 7) is 3.97. The van der Waals surface area contributed by atoms with Gasteiger partial charge in [0.15, 0.2) is 0 Å². The summed E-state index contributed by atoms with van der Waals surface area (Å²) < 4.78 is 0. The zero-order valence-electron chi connectivity index (χ0n) is 12.8. The molecule has 0 spiro atoms. The Bertz CT molecular complexity index is 602. The number of amides is 3. The van der Waals surface area contributed by atoms with Gasteiger partial charge in [0, 0.05) is 17.8 Å². The van der Waals surface area contributed by atoms with Crippen molar-refractivity contribution in [3.8, 4) is 6.07 Å². The predicted octanol–water partition coefficient (Wildman–Crippen LogP) is 1.76. The van der Waals surface area contributed by atoms with Gasteiger partial charge in [-0.2, -0.15) is 5.26 Å². The molecule has 0 saturated heterocycles. The van der Waals surface area contributed by atoms with Crippen molar-refractivity contribution in [2.24, 2.45) is 0 Å². The number of hydrogen-bond donors (Lipinski definition) is 2. The monoisotopic (exact) mass is 300 g/mol. The fourth-order valence-electron chi connectivity index (χ4n) is 2.10. The third kappa shape index (κ3) is 4.48. The molecule has 3 amide bonds. The minimum absolute atomic E-state index is 0.0602. The van der Waals surface area contributed by atoms with Gasteiger partial charge in [-0.3, -0.25) is 10.1 Å². The number of imide groups is 1. The average Bonchev–Trinajstić information content (AvgIpc) is 3.28. The Morgan fingerprint density at radius 3 is 2.73 bits per heavy atom. The van der Waals surface area contributed by atoms with Crippen LogP contribution in [0.25, 0.3) is 0 Å². The van der Waals surface area contributed by atoms with Crippen LogP contribution in [-0.2, 0) is 4.79 Å². The van der Waals surface area contributed by atoms with E-state index in [9.17, 15) is 9.59 Å². The largest absolute Gasteiger partial charge is 0.360 e. The zero-order chi connectivity index (χ0) is 16.1. The molecule has 0 atom stereocenters. The highest BCUT2D eigenvalue weighted by Gasteiger charge is 2.24. The normalized spacial score (nSPS) is 13.4. The number of rotatable bonds is 5. The number of urea groups is 1. The van der Waals surface area contributed by atoms with Crippen LogP contribution in [0.1, 0.15) is 32.3 Å². The molecule has 1 aromatic carbocycles. The maximum atomic E-state index is 12.0. The Kier molecular flexibility index (Phi) is 4.99. The Balaban J connectivity index is 1.99. The van der Waals surface area contributed by atoms with Crippen LogP contribution in [0.2, 0.25) is 0 Å². The van der Waals surface area contributed by atoms with Crippen LogP contribution in [0, 0.1) is 11.3 Å². The highest BCUT2D eigenvalue weighted by Crippen LogP contribution is 2.19. The Morgan fingerprint density at radius 2 is 2.14 bits per heavy atom. The molecule has 1 aromatic rings. The van der Waals surface area contributed by atoms with Gasteiger partial charge in [-0.25, -0.2) is 4.79 Å². The molecule has 1 saturated carbocycles. The molecule has 6 heteroatoms. The van der Waals surface area contributed by atoms with Crippen molar-refractivity contribution in [3.05, 3.63) is 29.8 Å². The van der Waals surface area contributed by atoms with E-state index in [0.29, 0.717) is 5.56 Å². The van der Waals surface area contributed by atoms with E-state index in [4.69, 9.17) is 5.26 Å². The van der Waals surface area contributed by atoms with Gasteiger partial charge in [0.2, 0.25) is 5.91 Å². The minimum Gasteiger partial charge on any atom is -0.360 e. The number of nitriles is 1. The molecule has 2 N–H and O–H groups in total. The Morgan fingerprint density at radius 1 is 1.41 bits per heavy atom. The molecule has 0 aromatic heterocycles. The number of benzene rings is 1. The Hall–Kier alpha value is -2.55. The van der Waals surface area contributed by atoms with Gasteiger partial charge in [-0.05, 0) is 44.9 Å². The van der Waals surface area contributed by atoms with E-state index in [1.165, 1.54) is 0 Å². The summed E-state index contributed by atoms with van der Waals surface area (Å²) in [5.74, 6) is -0.366. The van der Waals surface area contributed by atoms with Crippen molar-refractivity contribution in [2.45, 2.75) is 38.8 Å². The van der Waals surface area contributed by atoms with E-state index in [-0.39, 0.29) is 24.5 Å². The predicted molar refractivity (Wildman–Crippen MR) is 83.3 cm³/mol. The fourth-order valence-corrected chi connectivity index (χ4v) is 2.10. The summed E-state index contributed by atoms with van der Waals surface area (Å²) in [7, 11) is 0. The smallest absolute Gasteiger partial charge is 0.321 e. The van der Waals surface area contributed by atoms with Gasteiger partial charge in [-0.15, -0.1) is 0 Å². The van der Waals surface area contributed by atoms with Crippen LogP contribution in [0.4, 0.5) is 10.5 Å². The van der Waals surface area contributed by atoms with Crippen molar-refractivity contribution in [3.63, 3.8) is 0 Å². The second-order valence-corrected chi connectivity index (χ2v) is 5.68. The maximum absolute atomic E-state index is 12.0. The number of carbonyl (C=O) groups excluding carboxylic acids is 2. The number of hydrogen-bond acceptors (Lipinski definition) is 4. The van der Waals surface area contributed by atoms with Crippen LogP contribution in [0.3, 0.4) is 0 Å². The van der Waals surface area contributed by atoms with Gasteiger partial charge in [-0.1, -0.05) is 6.07 Å². The average molecular weight is 300 g/mol. The molecule has 22 heavy (non-hydrogen) atoms. The minimum atomic E-state index is -0.443. The van der Waals surface area contributed by atoms with Gasteiger partial charge in [0.25, 0.3) is 0 Å². The summed E-state index contributed by atoms with van der Waals surface area (Å²) in [5.41, 5.74) is 1.32. The summed E-state index contributed by atoms with van der Waals surface area (Å²) in [6.07, 6.45) is 1.95. The lowest BCUT2D eigenvalue weighted by Gasteiger charge is -2.28. The highest BCUT2D eigenvalue weighted by atomic mass is 16.2. The van der Waals surface area contributed by atoms with Crippen molar-refractivity contribution in [1.82, 2.24) is 10.6 Å². The zero-order valence-corrected chi connectivity index (χ0v) is 12.8. The first-order chi connectivity index (χ1) is 10.5. The number of nitrogens with one attached hydrogen (secondary N) is 2. The first-order valence-electron chi connectivity index (χ1n) is 7.36. The lowest BCUT2D eigenvalue weighted by Crippen LogP contribution is -2.46. The van der Waals surface area contributed by atoms with Crippen molar-refractivity contribution < 1.29 is 9.59 Å². The molecule has 1 aliphatic carbocycles. The van der Waals surface area contributed by atoms with E-state index < -0.39 is 6.03 Å². The van der Waals surface area contributed by atoms with Crippen LogP contribution >= 0.6 is 0 Å². The summed E-state index contributed by atoms with van der Waals surface area (Å²) in [5, 5.41) is 14.0. The number of anilines is 1. The first kappa shape index (κ1) is 15.8. The molecule has 0 aliphatic heterocycles. The van der Waals surface area contributed by atoms with Gasteiger partial charge < -0.3 is 10.2 Å². The molecular formula is C16H20N4O2. The van der Waals surface area contributed by atoms with Gasteiger partial charge >= 0.3 is 6.03 Å². The molecule has 116 valence electrons. The Labute approximate surface area is 130 Å². The summed E-state index contributed by atoms with van der Waals surface area (Å²) in [4.78, 5) is 25.5. The topological polar surface area (TPSA) is 85.2 Å². The van der Waals surface area contributed by atoms with E-state index in [1.807, 2.05) is 24.8 Å². The third-order valence-electron chi connectivity index (χ3n) is 3.41. The SMILES string of the molecule is CC(C)N(CC(=O)NC(=O)NC1CC1)c1cccc(C#N)c1. The van der Waals surface area contributed by atoms with Gasteiger partial charge in [0.1, 0.15) is 0 Å². The van der Waals surface area contributed by atoms with Crippen LogP contribution < -0.4 is 15.5 Å². The highest BCUT2D eigenvalue weighted by molar-refractivity contribution is 5.96. The summed E-state index contributed by atoms with van der Waals surface area (Å²) >= 11 is 0. The van der Waals surface area contributed by atoms with E-state index in [2.05, 4.69) is 16.7 Å². The molecule has 0 heterocycles. The maximum Gasteiger partial charge on any atom is 0.321 e. The van der Waals surface area contributed by atoms with Crippen molar-refractivity contribution in [1.29, 1.82) is 5.26 Å². The van der Waals surface area contributed by atoms with Gasteiger partial charge in [0.05, 0.1) is 18.2 Å². The second kappa shape index (κ2) is 6.94. The molecule has 2 rings (SSSR count). The second-order valence-electron chi connectivity index (χ2n) is 5.68. The molecule has 0 unspecified atom stereocenters. The third-order valence-corrected chi connectivity index (χ3v) is 3.41. The molecule has 0 bridgehead atoms. The van der Waals surface area contributed by atoms with E-state index in [1.54, 1.807) is 18.2 Å². The number of carbonyl (C=O) groups is 2. The van der Waals surface area contributed by atoms with E-state index in [0.717, 1.165) is 18.5 Å². The van der Waals surface area contributed by atoms with Crippen molar-refractivity contribution >= 4 is 17.6 Å². The molecule has 0 radical (unpaired) electrons. The molecule has 1 aliphatic rings. The van der Waals surface area contributed by atoms with Crippen LogP contribution in [0.15, 0.2) is 24.3 Å². The molecule has 6 nitrogen and oxygen atoms in total. The fraction of sp³-hybridized carbons (Fsp3) is 0.438. The van der Waals surface area contributed by atoms with E-state index >= 15 is 0 Å². The number of nitrogens with zero attached hydrogens (tertiary/aromatic N) is 2.